The molecule has 4 aromatic carbocycles. The second kappa shape index (κ2) is 22.6. The lowest BCUT2D eigenvalue weighted by Crippen LogP contribution is -2.49. The molecule has 0 aliphatic rings. The molecule has 1 N–H and O–H groups in total. The first-order valence-electron chi connectivity index (χ1n) is 19.4. The SMILES string of the molecule is CCCCCCCCCCCCCCC[C@@H](OC(=O)c1ccccc1)[C@H](COC(c1ccccc1)(c1ccccc1)c1ccccc1)NC(C)=O. The lowest BCUT2D eigenvalue weighted by atomic mass is 9.80. The number of nitrogens with one attached hydrogen (secondary N) is 1. The van der Waals surface area contributed by atoms with E-state index in [1.165, 1.54) is 71.1 Å². The van der Waals surface area contributed by atoms with Crippen LogP contribution in [-0.2, 0) is 19.9 Å². The summed E-state index contributed by atoms with van der Waals surface area (Å²) in [4.78, 5) is 26.2. The summed E-state index contributed by atoms with van der Waals surface area (Å²) in [5.41, 5.74) is 2.43. The lowest BCUT2D eigenvalue weighted by Gasteiger charge is -2.38. The van der Waals surface area contributed by atoms with Crippen molar-refractivity contribution in [3.63, 3.8) is 0 Å². The van der Waals surface area contributed by atoms with Gasteiger partial charge in [0.15, 0.2) is 0 Å². The first kappa shape index (κ1) is 39.6. The summed E-state index contributed by atoms with van der Waals surface area (Å²) in [6.07, 6.45) is 16.4. The number of hydrogen-bond acceptors (Lipinski definition) is 4. The van der Waals surface area contributed by atoms with Gasteiger partial charge in [0.1, 0.15) is 11.7 Å². The number of ether oxygens (including phenoxy) is 2. The minimum Gasteiger partial charge on any atom is -0.456 e. The molecule has 1 amide bonds. The standard InChI is InChI=1S/C46H59NO4/c1-3-4-5-6-7-8-9-10-11-12-13-14-27-36-44(51-45(49)39-28-19-15-20-29-39)43(47-38(2)48)37-50-46(40-30-21-16-22-31-40,41-32-23-17-24-33-41)42-34-25-18-26-35-42/h15-26,28-35,43-44H,3-14,27,36-37H2,1-2H3,(H,47,48)/t43-,44+/m0/s1. The van der Waals surface area contributed by atoms with E-state index in [0.29, 0.717) is 12.0 Å². The van der Waals surface area contributed by atoms with Crippen molar-refractivity contribution in [3.05, 3.63) is 144 Å². The number of esters is 1. The average molecular weight is 690 g/mol. The summed E-state index contributed by atoms with van der Waals surface area (Å²) in [7, 11) is 0. The van der Waals surface area contributed by atoms with Gasteiger partial charge in [-0.1, -0.05) is 193 Å². The second-order valence-corrected chi connectivity index (χ2v) is 13.7. The van der Waals surface area contributed by atoms with Crippen molar-refractivity contribution >= 4 is 11.9 Å². The van der Waals surface area contributed by atoms with Crippen molar-refractivity contribution in [2.75, 3.05) is 6.61 Å². The van der Waals surface area contributed by atoms with Crippen molar-refractivity contribution in [1.29, 1.82) is 0 Å². The van der Waals surface area contributed by atoms with Crippen LogP contribution in [0.1, 0.15) is 131 Å². The molecule has 0 heterocycles. The van der Waals surface area contributed by atoms with Crippen LogP contribution < -0.4 is 5.32 Å². The van der Waals surface area contributed by atoms with Crippen molar-refractivity contribution in [1.82, 2.24) is 5.32 Å². The van der Waals surface area contributed by atoms with Crippen LogP contribution in [0.15, 0.2) is 121 Å². The van der Waals surface area contributed by atoms with Gasteiger partial charge in [-0.2, -0.15) is 0 Å². The van der Waals surface area contributed by atoms with E-state index in [4.69, 9.17) is 9.47 Å². The molecule has 0 unspecified atom stereocenters. The summed E-state index contributed by atoms with van der Waals surface area (Å²) in [5.74, 6) is -0.592. The molecule has 5 nitrogen and oxygen atoms in total. The maximum Gasteiger partial charge on any atom is 0.338 e. The van der Waals surface area contributed by atoms with Crippen LogP contribution in [0.3, 0.4) is 0 Å². The van der Waals surface area contributed by atoms with E-state index in [1.807, 2.05) is 72.8 Å². The van der Waals surface area contributed by atoms with E-state index in [9.17, 15) is 9.59 Å². The fourth-order valence-electron chi connectivity index (χ4n) is 6.97. The van der Waals surface area contributed by atoms with Crippen LogP contribution in [0.4, 0.5) is 0 Å². The van der Waals surface area contributed by atoms with Gasteiger partial charge in [-0.25, -0.2) is 4.79 Å². The highest BCUT2D eigenvalue weighted by Gasteiger charge is 2.39. The molecule has 0 aliphatic heterocycles. The van der Waals surface area contributed by atoms with Crippen molar-refractivity contribution in [3.8, 4) is 0 Å². The molecule has 4 rings (SSSR count). The van der Waals surface area contributed by atoms with Gasteiger partial charge >= 0.3 is 5.97 Å². The van der Waals surface area contributed by atoms with Gasteiger partial charge < -0.3 is 14.8 Å². The van der Waals surface area contributed by atoms with Gasteiger partial charge in [-0.3, -0.25) is 4.79 Å². The Morgan fingerprint density at radius 1 is 0.569 bits per heavy atom. The van der Waals surface area contributed by atoms with Gasteiger partial charge in [0.05, 0.1) is 18.2 Å². The number of amides is 1. The number of carbonyl (C=O) groups excluding carboxylic acids is 2. The molecule has 0 aliphatic carbocycles. The molecule has 2 atom stereocenters. The minimum atomic E-state index is -0.968. The highest BCUT2D eigenvalue weighted by Crippen LogP contribution is 2.40. The molecule has 4 aromatic rings. The largest absolute Gasteiger partial charge is 0.456 e. The molecule has 0 saturated carbocycles. The first-order valence-corrected chi connectivity index (χ1v) is 19.4. The summed E-state index contributed by atoms with van der Waals surface area (Å²) in [5, 5.41) is 3.12. The Hall–Kier alpha value is -4.22. The van der Waals surface area contributed by atoms with Gasteiger partial charge in [-0.05, 0) is 41.7 Å². The third kappa shape index (κ3) is 12.8. The molecular weight excluding hydrogens is 631 g/mol. The second-order valence-electron chi connectivity index (χ2n) is 13.7. The molecule has 51 heavy (non-hydrogen) atoms. The Morgan fingerprint density at radius 3 is 1.37 bits per heavy atom. The van der Waals surface area contributed by atoms with Crippen LogP contribution in [0.25, 0.3) is 0 Å². The fourth-order valence-corrected chi connectivity index (χ4v) is 6.97. The average Bonchev–Trinajstić information content (AvgIpc) is 3.17. The minimum absolute atomic E-state index is 0.128. The summed E-state index contributed by atoms with van der Waals surface area (Å²) < 4.78 is 13.4. The zero-order valence-electron chi connectivity index (χ0n) is 30.9. The normalized spacial score (nSPS) is 12.6. The predicted octanol–water partition coefficient (Wildman–Crippen LogP) is 11.2. The van der Waals surface area contributed by atoms with E-state index in [2.05, 4.69) is 48.6 Å². The molecule has 272 valence electrons. The summed E-state index contributed by atoms with van der Waals surface area (Å²) >= 11 is 0. The molecule has 0 aromatic heterocycles. The quantitative estimate of drug-likeness (QED) is 0.0452. The molecular formula is C46H59NO4. The van der Waals surface area contributed by atoms with E-state index in [0.717, 1.165) is 36.0 Å². The van der Waals surface area contributed by atoms with Crippen LogP contribution >= 0.6 is 0 Å². The Labute approximate surface area is 307 Å². The number of hydrogen-bond donors (Lipinski definition) is 1. The topological polar surface area (TPSA) is 64.6 Å². The molecule has 0 saturated heterocycles. The third-order valence-electron chi connectivity index (χ3n) is 9.72. The highest BCUT2D eigenvalue weighted by molar-refractivity contribution is 5.89. The lowest BCUT2D eigenvalue weighted by molar-refractivity contribution is -0.122. The van der Waals surface area contributed by atoms with E-state index < -0.39 is 23.7 Å². The van der Waals surface area contributed by atoms with Crippen molar-refractivity contribution in [2.24, 2.45) is 0 Å². The van der Waals surface area contributed by atoms with E-state index >= 15 is 0 Å². The Morgan fingerprint density at radius 2 is 0.961 bits per heavy atom. The van der Waals surface area contributed by atoms with E-state index in [1.54, 1.807) is 12.1 Å². The Balaban J connectivity index is 1.50. The summed E-state index contributed by atoms with van der Waals surface area (Å²) in [6, 6.07) is 39.1. The van der Waals surface area contributed by atoms with Crippen LogP contribution in [-0.4, -0.2) is 30.6 Å². The van der Waals surface area contributed by atoms with Crippen molar-refractivity contribution in [2.45, 2.75) is 121 Å². The zero-order valence-corrected chi connectivity index (χ0v) is 30.9. The fraction of sp³-hybridized carbons (Fsp3) is 0.435. The Kier molecular flexibility index (Phi) is 17.5. The maximum atomic E-state index is 13.5. The first-order chi connectivity index (χ1) is 25.0. The third-order valence-corrected chi connectivity index (χ3v) is 9.72. The molecule has 5 heteroatoms. The monoisotopic (exact) mass is 689 g/mol. The van der Waals surface area contributed by atoms with Crippen LogP contribution in [0.5, 0.6) is 0 Å². The van der Waals surface area contributed by atoms with Gasteiger partial charge in [0.2, 0.25) is 5.91 Å². The number of benzene rings is 4. The van der Waals surface area contributed by atoms with Gasteiger partial charge in [-0.15, -0.1) is 0 Å². The molecule has 0 bridgehead atoms. The summed E-state index contributed by atoms with van der Waals surface area (Å²) in [6.45, 7) is 3.90. The maximum absolute atomic E-state index is 13.5. The number of unbranched alkanes of at least 4 members (excludes halogenated alkanes) is 12. The zero-order chi connectivity index (χ0) is 36.0. The number of rotatable bonds is 24. The Bertz CT molecular complexity index is 1410. The van der Waals surface area contributed by atoms with Crippen molar-refractivity contribution < 1.29 is 19.1 Å². The van der Waals surface area contributed by atoms with E-state index in [-0.39, 0.29) is 12.5 Å². The smallest absolute Gasteiger partial charge is 0.338 e. The number of carbonyl (C=O) groups is 2. The molecule has 0 radical (unpaired) electrons. The van der Waals surface area contributed by atoms with Crippen LogP contribution in [0, 0.1) is 0 Å². The molecule has 0 fully saturated rings. The molecule has 0 spiro atoms. The highest BCUT2D eigenvalue weighted by atomic mass is 16.5. The van der Waals surface area contributed by atoms with Gasteiger partial charge in [0.25, 0.3) is 0 Å². The predicted molar refractivity (Wildman–Crippen MR) is 209 cm³/mol. The van der Waals surface area contributed by atoms with Gasteiger partial charge in [0, 0.05) is 6.92 Å². The van der Waals surface area contributed by atoms with Crippen LogP contribution in [0.2, 0.25) is 0 Å².